The number of carboxylic acids is 1. The summed E-state index contributed by atoms with van der Waals surface area (Å²) >= 11 is 0. The van der Waals surface area contributed by atoms with Crippen LogP contribution in [0.15, 0.2) is 72.8 Å². The van der Waals surface area contributed by atoms with E-state index in [4.69, 9.17) is 9.84 Å². The van der Waals surface area contributed by atoms with Gasteiger partial charge in [0.25, 0.3) is 0 Å². The molecule has 0 radical (unpaired) electrons. The number of hydrogen-bond donors (Lipinski definition) is 2. The van der Waals surface area contributed by atoms with E-state index >= 15 is 0 Å². The van der Waals surface area contributed by atoms with Gasteiger partial charge in [-0.25, -0.2) is 9.18 Å². The number of ether oxygens (including phenoxy) is 1. The summed E-state index contributed by atoms with van der Waals surface area (Å²) in [5.41, 5.74) is 5.34. The maximum absolute atomic E-state index is 13.9. The molecule has 32 heavy (non-hydrogen) atoms. The van der Waals surface area contributed by atoms with E-state index in [0.717, 1.165) is 11.1 Å². The molecule has 0 spiro atoms. The second-order valence-corrected chi connectivity index (χ2v) is 7.53. The number of benzene rings is 3. The highest BCUT2D eigenvalue weighted by Crippen LogP contribution is 2.44. The Kier molecular flexibility index (Phi) is 6.31. The minimum Gasteiger partial charge on any atom is -0.481 e. The molecule has 0 unspecified atom stereocenters. The van der Waals surface area contributed by atoms with Crippen LogP contribution in [0.2, 0.25) is 0 Å². The molecule has 1 aliphatic carbocycles. The van der Waals surface area contributed by atoms with Crippen molar-refractivity contribution in [2.45, 2.75) is 12.3 Å². The van der Waals surface area contributed by atoms with Crippen LogP contribution in [0.5, 0.6) is 0 Å². The number of carbonyl (C=O) groups is 2. The van der Waals surface area contributed by atoms with Gasteiger partial charge in [-0.2, -0.15) is 0 Å². The maximum Gasteiger partial charge on any atom is 0.407 e. The van der Waals surface area contributed by atoms with Gasteiger partial charge in [0.2, 0.25) is 0 Å². The monoisotopic (exact) mass is 431 g/mol. The van der Waals surface area contributed by atoms with Gasteiger partial charge in [0.05, 0.1) is 6.42 Å². The normalized spacial score (nSPS) is 12.4. The van der Waals surface area contributed by atoms with Crippen molar-refractivity contribution in [1.29, 1.82) is 0 Å². The Morgan fingerprint density at radius 1 is 1.00 bits per heavy atom. The van der Waals surface area contributed by atoms with Crippen molar-refractivity contribution in [3.8, 4) is 11.1 Å². The molecule has 2 N–H and O–H groups in total. The smallest absolute Gasteiger partial charge is 0.407 e. The third kappa shape index (κ3) is 4.70. The van der Waals surface area contributed by atoms with Crippen molar-refractivity contribution in [2.75, 3.05) is 13.2 Å². The predicted octanol–water partition coefficient (Wildman–Crippen LogP) is 5.00. The molecule has 0 atom stereocenters. The van der Waals surface area contributed by atoms with Crippen molar-refractivity contribution in [3.05, 3.63) is 101 Å². The number of carbonyl (C=O) groups excluding carboxylic acids is 1. The van der Waals surface area contributed by atoms with E-state index < -0.39 is 17.9 Å². The average Bonchev–Trinajstić information content (AvgIpc) is 3.10. The van der Waals surface area contributed by atoms with E-state index in [-0.39, 0.29) is 31.1 Å². The first kappa shape index (κ1) is 21.3. The molecule has 3 aromatic rings. The lowest BCUT2D eigenvalue weighted by Crippen LogP contribution is -2.26. The quantitative estimate of drug-likeness (QED) is 0.552. The largest absolute Gasteiger partial charge is 0.481 e. The van der Waals surface area contributed by atoms with E-state index in [2.05, 4.69) is 29.6 Å². The second kappa shape index (κ2) is 9.47. The Morgan fingerprint density at radius 3 is 2.28 bits per heavy atom. The predicted molar refractivity (Wildman–Crippen MR) is 120 cm³/mol. The number of hydrogen-bond acceptors (Lipinski definition) is 3. The first-order valence-electron chi connectivity index (χ1n) is 10.3. The lowest BCUT2D eigenvalue weighted by Gasteiger charge is -2.14. The zero-order valence-corrected chi connectivity index (χ0v) is 17.3. The average molecular weight is 431 g/mol. The van der Waals surface area contributed by atoms with E-state index in [0.29, 0.717) is 5.56 Å². The number of alkyl carbamates (subject to hydrolysis) is 1. The fourth-order valence-corrected chi connectivity index (χ4v) is 3.96. The summed E-state index contributed by atoms with van der Waals surface area (Å²) in [7, 11) is 0. The number of rotatable bonds is 7. The molecular weight excluding hydrogens is 409 g/mol. The first-order valence-corrected chi connectivity index (χ1v) is 10.3. The number of amides is 1. The molecular formula is C26H22FNO4. The summed E-state index contributed by atoms with van der Waals surface area (Å²) < 4.78 is 19.4. The molecule has 0 fully saturated rings. The summed E-state index contributed by atoms with van der Waals surface area (Å²) in [6.45, 7) is 0.453. The van der Waals surface area contributed by atoms with E-state index in [9.17, 15) is 14.0 Å². The van der Waals surface area contributed by atoms with Crippen LogP contribution in [0.1, 0.15) is 28.2 Å². The summed E-state index contributed by atoms with van der Waals surface area (Å²) in [5.74, 6) is -1.66. The lowest BCUT2D eigenvalue weighted by molar-refractivity contribution is -0.136. The molecule has 0 saturated heterocycles. The van der Waals surface area contributed by atoms with Gasteiger partial charge in [-0.05, 0) is 39.4 Å². The van der Waals surface area contributed by atoms with Crippen LogP contribution in [0, 0.1) is 5.82 Å². The highest BCUT2D eigenvalue weighted by atomic mass is 19.1. The van der Waals surface area contributed by atoms with Gasteiger partial charge >= 0.3 is 12.1 Å². The number of fused-ring (bicyclic) bond motifs is 3. The number of carboxylic acid groups (broad SMARTS) is 1. The van der Waals surface area contributed by atoms with Crippen molar-refractivity contribution in [1.82, 2.24) is 5.32 Å². The van der Waals surface area contributed by atoms with Crippen LogP contribution in [0.4, 0.5) is 9.18 Å². The Balaban J connectivity index is 1.30. The second-order valence-electron chi connectivity index (χ2n) is 7.53. The summed E-state index contributed by atoms with van der Waals surface area (Å²) in [6.07, 6.45) is 2.43. The van der Waals surface area contributed by atoms with Crippen LogP contribution in [-0.4, -0.2) is 30.3 Å². The molecule has 4 rings (SSSR count). The molecule has 0 aromatic heterocycles. The van der Waals surface area contributed by atoms with E-state index in [1.165, 1.54) is 23.3 Å². The fraction of sp³-hybridized carbons (Fsp3) is 0.154. The third-order valence-electron chi connectivity index (χ3n) is 5.44. The Morgan fingerprint density at radius 2 is 1.66 bits per heavy atom. The van der Waals surface area contributed by atoms with Crippen LogP contribution >= 0.6 is 0 Å². The zero-order valence-electron chi connectivity index (χ0n) is 17.3. The third-order valence-corrected chi connectivity index (χ3v) is 5.44. The van der Waals surface area contributed by atoms with Crippen LogP contribution in [0.25, 0.3) is 17.2 Å². The Bertz CT molecular complexity index is 1140. The van der Waals surface area contributed by atoms with E-state index in [1.54, 1.807) is 18.2 Å². The first-order chi connectivity index (χ1) is 15.5. The molecule has 162 valence electrons. The SMILES string of the molecule is O=C(O)Cc1ccc(C=CCNC(=O)OCC2c3ccccc3-c3ccccc32)cc1F. The molecule has 0 heterocycles. The van der Waals surface area contributed by atoms with Crippen molar-refractivity contribution in [2.24, 2.45) is 0 Å². The standard InChI is InChI=1S/C26H22FNO4/c27-24-14-17(11-12-18(24)15-25(29)30)6-5-13-28-26(31)32-16-23-21-9-3-1-7-19(21)20-8-2-4-10-22(20)23/h1-12,14,23H,13,15-16H2,(H,28,31)(H,29,30). The Hall–Kier alpha value is -3.93. The molecule has 5 nitrogen and oxygen atoms in total. The van der Waals surface area contributed by atoms with E-state index in [1.807, 2.05) is 24.3 Å². The van der Waals surface area contributed by atoms with Gasteiger partial charge in [0.15, 0.2) is 0 Å². The van der Waals surface area contributed by atoms with Gasteiger partial charge in [-0.1, -0.05) is 72.8 Å². The van der Waals surface area contributed by atoms with Crippen molar-refractivity contribution < 1.29 is 23.8 Å². The van der Waals surface area contributed by atoms with Gasteiger partial charge in [0.1, 0.15) is 12.4 Å². The Labute approximate surface area is 185 Å². The summed E-state index contributed by atoms with van der Waals surface area (Å²) in [4.78, 5) is 22.9. The molecule has 6 heteroatoms. The van der Waals surface area contributed by atoms with Crippen LogP contribution in [0.3, 0.4) is 0 Å². The highest BCUT2D eigenvalue weighted by Gasteiger charge is 2.28. The molecule has 0 aliphatic heterocycles. The molecule has 1 amide bonds. The lowest BCUT2D eigenvalue weighted by atomic mass is 9.98. The zero-order chi connectivity index (χ0) is 22.5. The minimum absolute atomic E-state index is 0.00372. The van der Waals surface area contributed by atoms with Gasteiger partial charge in [-0.15, -0.1) is 0 Å². The molecule has 0 saturated carbocycles. The highest BCUT2D eigenvalue weighted by molar-refractivity contribution is 5.79. The number of nitrogens with one attached hydrogen (secondary N) is 1. The summed E-state index contributed by atoms with van der Waals surface area (Å²) in [6, 6.07) is 20.6. The minimum atomic E-state index is -1.08. The maximum atomic E-state index is 13.9. The fourth-order valence-electron chi connectivity index (χ4n) is 3.96. The number of halogens is 1. The summed E-state index contributed by atoms with van der Waals surface area (Å²) in [5, 5.41) is 11.4. The van der Waals surface area contributed by atoms with Crippen LogP contribution in [-0.2, 0) is 16.0 Å². The molecule has 0 bridgehead atoms. The van der Waals surface area contributed by atoms with Gasteiger partial charge in [0, 0.05) is 12.5 Å². The topological polar surface area (TPSA) is 75.6 Å². The molecule has 1 aliphatic rings. The number of aliphatic carboxylic acids is 1. The van der Waals surface area contributed by atoms with Crippen molar-refractivity contribution >= 4 is 18.1 Å². The van der Waals surface area contributed by atoms with Gasteiger partial charge in [-0.3, -0.25) is 4.79 Å². The van der Waals surface area contributed by atoms with Crippen molar-refractivity contribution in [3.63, 3.8) is 0 Å². The van der Waals surface area contributed by atoms with Gasteiger partial charge < -0.3 is 15.2 Å². The molecule has 3 aromatic carbocycles. The van der Waals surface area contributed by atoms with Crippen LogP contribution < -0.4 is 5.32 Å².